The molecule has 0 aromatic heterocycles. The monoisotopic (exact) mass is 193 g/mol. The molecule has 1 aliphatic heterocycles. The quantitative estimate of drug-likeness (QED) is 0.624. The molecule has 14 heavy (non-hydrogen) atoms. The molecule has 0 aromatic rings. The summed E-state index contributed by atoms with van der Waals surface area (Å²) in [7, 11) is 0. The molecule has 0 bridgehead atoms. The molecule has 3 aliphatic rings. The van der Waals surface area contributed by atoms with E-state index in [-0.39, 0.29) is 0 Å². The van der Waals surface area contributed by atoms with E-state index >= 15 is 0 Å². The summed E-state index contributed by atoms with van der Waals surface area (Å²) in [5.41, 5.74) is 1.92. The van der Waals surface area contributed by atoms with Crippen LogP contribution in [0.15, 0.2) is 0 Å². The summed E-state index contributed by atoms with van der Waals surface area (Å²) in [6.07, 6.45) is 5.86. The van der Waals surface area contributed by atoms with Crippen molar-refractivity contribution >= 4 is 0 Å². The van der Waals surface area contributed by atoms with Gasteiger partial charge in [0, 0.05) is 6.54 Å². The van der Waals surface area contributed by atoms with E-state index in [9.17, 15) is 0 Å². The Morgan fingerprint density at radius 3 is 2.64 bits per heavy atom. The molecule has 0 radical (unpaired) electrons. The second kappa shape index (κ2) is 2.37. The molecule has 3 rings (SSSR count). The Bertz CT molecular complexity index is 266. The van der Waals surface area contributed by atoms with E-state index in [4.69, 9.17) is 0 Å². The van der Waals surface area contributed by atoms with Crippen molar-refractivity contribution < 1.29 is 0 Å². The Kier molecular flexibility index (Phi) is 1.56. The van der Waals surface area contributed by atoms with Crippen molar-refractivity contribution in [3.63, 3.8) is 0 Å². The van der Waals surface area contributed by atoms with Gasteiger partial charge < -0.3 is 5.32 Å². The number of hydrogen-bond acceptors (Lipinski definition) is 1. The highest BCUT2D eigenvalue weighted by Gasteiger charge is 2.72. The van der Waals surface area contributed by atoms with E-state index in [1.165, 1.54) is 38.8 Å². The molecule has 1 N–H and O–H groups in total. The summed E-state index contributed by atoms with van der Waals surface area (Å²) < 4.78 is 0. The van der Waals surface area contributed by atoms with Crippen LogP contribution in [0.5, 0.6) is 0 Å². The highest BCUT2D eigenvalue weighted by molar-refractivity contribution is 5.22. The molecule has 1 saturated heterocycles. The Labute approximate surface area is 87.7 Å². The second-order valence-electron chi connectivity index (χ2n) is 6.80. The summed E-state index contributed by atoms with van der Waals surface area (Å²) in [6.45, 7) is 10.2. The van der Waals surface area contributed by atoms with Crippen LogP contribution in [0.2, 0.25) is 0 Å². The summed E-state index contributed by atoms with van der Waals surface area (Å²) in [6, 6.07) is 0. The van der Waals surface area contributed by atoms with Gasteiger partial charge in [0.1, 0.15) is 0 Å². The fourth-order valence-corrected chi connectivity index (χ4v) is 5.10. The molecular weight excluding hydrogens is 170 g/mol. The highest BCUT2D eigenvalue weighted by atomic mass is 15.0. The SMILES string of the molecule is CC1(C)CCCC2(C)CNCC3CC312. The van der Waals surface area contributed by atoms with Gasteiger partial charge in [-0.1, -0.05) is 27.2 Å². The van der Waals surface area contributed by atoms with Gasteiger partial charge in [-0.2, -0.15) is 0 Å². The van der Waals surface area contributed by atoms with Gasteiger partial charge in [-0.05, 0) is 48.0 Å². The molecule has 0 amide bonds. The molecular formula is C13H23N. The smallest absolute Gasteiger partial charge is 0.00109 e. The zero-order valence-corrected chi connectivity index (χ0v) is 9.82. The number of hydrogen-bond donors (Lipinski definition) is 1. The van der Waals surface area contributed by atoms with Crippen LogP contribution in [-0.2, 0) is 0 Å². The molecule has 1 heteroatoms. The lowest BCUT2D eigenvalue weighted by Gasteiger charge is -2.55. The Morgan fingerprint density at radius 2 is 1.93 bits per heavy atom. The first-order valence-corrected chi connectivity index (χ1v) is 6.23. The highest BCUT2D eigenvalue weighted by Crippen LogP contribution is 2.76. The molecule has 3 atom stereocenters. The maximum absolute atomic E-state index is 3.65. The molecule has 80 valence electrons. The fraction of sp³-hybridized carbons (Fsp3) is 1.00. The molecule has 2 aliphatic carbocycles. The zero-order valence-electron chi connectivity index (χ0n) is 9.82. The Morgan fingerprint density at radius 1 is 1.14 bits per heavy atom. The van der Waals surface area contributed by atoms with Crippen molar-refractivity contribution in [1.82, 2.24) is 5.32 Å². The standard InChI is InChI=1S/C13H23N/c1-11(2)5-4-6-12(3)9-14-8-10-7-13(10,11)12/h10,14H,4-9H2,1-3H3. The molecule has 1 nitrogen and oxygen atoms in total. The topological polar surface area (TPSA) is 12.0 Å². The molecule has 3 unspecified atom stereocenters. The minimum absolute atomic E-state index is 0.604. The predicted molar refractivity (Wildman–Crippen MR) is 59.1 cm³/mol. The summed E-state index contributed by atoms with van der Waals surface area (Å²) in [4.78, 5) is 0. The van der Waals surface area contributed by atoms with Crippen LogP contribution < -0.4 is 5.32 Å². The van der Waals surface area contributed by atoms with E-state index in [0.717, 1.165) is 5.92 Å². The summed E-state index contributed by atoms with van der Waals surface area (Å²) in [5.74, 6) is 0.997. The van der Waals surface area contributed by atoms with Crippen LogP contribution in [0.3, 0.4) is 0 Å². The number of nitrogens with one attached hydrogen (secondary N) is 1. The third kappa shape index (κ3) is 0.816. The zero-order chi connectivity index (χ0) is 10.0. The van der Waals surface area contributed by atoms with E-state index < -0.39 is 0 Å². The third-order valence-corrected chi connectivity index (χ3v) is 5.83. The van der Waals surface area contributed by atoms with E-state index in [1.54, 1.807) is 0 Å². The fourth-order valence-electron chi connectivity index (χ4n) is 5.10. The maximum Gasteiger partial charge on any atom is 0.00109 e. The van der Waals surface area contributed by atoms with Crippen LogP contribution in [0.25, 0.3) is 0 Å². The first-order valence-electron chi connectivity index (χ1n) is 6.23. The van der Waals surface area contributed by atoms with Gasteiger partial charge in [0.15, 0.2) is 0 Å². The van der Waals surface area contributed by atoms with E-state index in [1.807, 2.05) is 0 Å². The third-order valence-electron chi connectivity index (χ3n) is 5.83. The minimum atomic E-state index is 0.604. The van der Waals surface area contributed by atoms with Crippen LogP contribution in [0, 0.1) is 22.2 Å². The normalized spacial score (nSPS) is 54.6. The van der Waals surface area contributed by atoms with Crippen molar-refractivity contribution in [2.45, 2.75) is 46.5 Å². The average molecular weight is 193 g/mol. The first-order chi connectivity index (χ1) is 6.52. The predicted octanol–water partition coefficient (Wildman–Crippen LogP) is 2.81. The lowest BCUT2D eigenvalue weighted by Crippen LogP contribution is -2.54. The minimum Gasteiger partial charge on any atom is -0.316 e. The molecule has 1 spiro atoms. The second-order valence-corrected chi connectivity index (χ2v) is 6.80. The van der Waals surface area contributed by atoms with E-state index in [2.05, 4.69) is 26.1 Å². The number of rotatable bonds is 0. The van der Waals surface area contributed by atoms with Crippen molar-refractivity contribution in [3.8, 4) is 0 Å². The van der Waals surface area contributed by atoms with Gasteiger partial charge in [0.2, 0.25) is 0 Å². The van der Waals surface area contributed by atoms with Crippen LogP contribution in [-0.4, -0.2) is 13.1 Å². The Balaban J connectivity index is 2.03. The van der Waals surface area contributed by atoms with Gasteiger partial charge in [-0.15, -0.1) is 0 Å². The lowest BCUT2D eigenvalue weighted by molar-refractivity contribution is -0.0479. The molecule has 0 aromatic carbocycles. The largest absolute Gasteiger partial charge is 0.316 e. The lowest BCUT2D eigenvalue weighted by atomic mass is 9.52. The van der Waals surface area contributed by atoms with Gasteiger partial charge in [0.05, 0.1) is 0 Å². The molecule has 1 heterocycles. The van der Waals surface area contributed by atoms with Crippen molar-refractivity contribution in [2.75, 3.05) is 13.1 Å². The van der Waals surface area contributed by atoms with Gasteiger partial charge in [0.25, 0.3) is 0 Å². The summed E-state index contributed by atoms with van der Waals surface area (Å²) in [5, 5.41) is 3.65. The van der Waals surface area contributed by atoms with Gasteiger partial charge in [-0.25, -0.2) is 0 Å². The maximum atomic E-state index is 3.65. The van der Waals surface area contributed by atoms with Crippen molar-refractivity contribution in [1.29, 1.82) is 0 Å². The first kappa shape index (κ1) is 9.21. The van der Waals surface area contributed by atoms with Crippen LogP contribution in [0.1, 0.15) is 46.5 Å². The Hall–Kier alpha value is -0.0400. The summed E-state index contributed by atoms with van der Waals surface area (Å²) >= 11 is 0. The molecule has 3 fully saturated rings. The van der Waals surface area contributed by atoms with Crippen molar-refractivity contribution in [3.05, 3.63) is 0 Å². The van der Waals surface area contributed by atoms with E-state index in [0.29, 0.717) is 16.2 Å². The van der Waals surface area contributed by atoms with Gasteiger partial charge in [-0.3, -0.25) is 0 Å². The van der Waals surface area contributed by atoms with Crippen LogP contribution in [0.4, 0.5) is 0 Å². The average Bonchev–Trinajstić information content (AvgIpc) is 2.79. The number of piperidine rings is 1. The molecule has 2 saturated carbocycles. The van der Waals surface area contributed by atoms with Crippen LogP contribution >= 0.6 is 0 Å². The van der Waals surface area contributed by atoms with Crippen molar-refractivity contribution in [2.24, 2.45) is 22.2 Å². The van der Waals surface area contributed by atoms with Gasteiger partial charge >= 0.3 is 0 Å².